The predicted octanol–water partition coefficient (Wildman–Crippen LogP) is 6.41. The van der Waals surface area contributed by atoms with E-state index in [0.29, 0.717) is 18.1 Å². The standard InChI is InChI=1S/C31H40N4O/c1-36-27-9-5-6-23(19-27)28(16-17-34-25-13-11-24(33)12-14-25)30-21-35(26-7-3-2-4-8-26)31-15-10-22(20-32)18-29(30)31/h5-6,9-10,15,18-19,21,24-26,28,34H,2-4,7-8,11-14,16-17,33H2,1H3. The van der Waals surface area contributed by atoms with Gasteiger partial charge in [0.1, 0.15) is 5.75 Å². The van der Waals surface area contributed by atoms with E-state index in [9.17, 15) is 5.26 Å². The molecule has 36 heavy (non-hydrogen) atoms. The highest BCUT2D eigenvalue weighted by atomic mass is 16.5. The SMILES string of the molecule is COc1cccc(C(CCNC2CCC(N)CC2)c2cn(C3CCCCC3)c3ccc(C#N)cc23)c1. The van der Waals surface area contributed by atoms with E-state index >= 15 is 0 Å². The number of nitrogens with two attached hydrogens (primary N) is 1. The summed E-state index contributed by atoms with van der Waals surface area (Å²) in [6, 6.07) is 18.6. The third-order valence-electron chi connectivity index (χ3n) is 8.47. The quantitative estimate of drug-likeness (QED) is 0.387. The van der Waals surface area contributed by atoms with Crippen LogP contribution < -0.4 is 15.8 Å². The summed E-state index contributed by atoms with van der Waals surface area (Å²) < 4.78 is 8.12. The molecule has 0 radical (unpaired) electrons. The summed E-state index contributed by atoms with van der Waals surface area (Å²) in [6.45, 7) is 0.954. The topological polar surface area (TPSA) is 76.0 Å². The van der Waals surface area contributed by atoms with Crippen molar-refractivity contribution in [1.82, 2.24) is 9.88 Å². The average Bonchev–Trinajstić information content (AvgIpc) is 3.31. The molecule has 190 valence electrons. The molecule has 2 aromatic carbocycles. The zero-order valence-corrected chi connectivity index (χ0v) is 21.6. The second-order valence-corrected chi connectivity index (χ2v) is 10.8. The zero-order valence-electron chi connectivity index (χ0n) is 21.6. The lowest BCUT2D eigenvalue weighted by atomic mass is 9.87. The number of nitrogens with zero attached hydrogens (tertiary/aromatic N) is 2. The van der Waals surface area contributed by atoms with Crippen LogP contribution in [0.25, 0.3) is 10.9 Å². The van der Waals surface area contributed by atoms with Gasteiger partial charge in [-0.3, -0.25) is 0 Å². The molecule has 2 aliphatic carbocycles. The van der Waals surface area contributed by atoms with Crippen molar-refractivity contribution in [2.45, 2.75) is 88.3 Å². The minimum atomic E-state index is 0.222. The molecule has 1 unspecified atom stereocenters. The lowest BCUT2D eigenvalue weighted by Gasteiger charge is -2.28. The van der Waals surface area contributed by atoms with Gasteiger partial charge in [0, 0.05) is 41.1 Å². The minimum absolute atomic E-state index is 0.222. The molecule has 5 nitrogen and oxygen atoms in total. The summed E-state index contributed by atoms with van der Waals surface area (Å²) in [5.41, 5.74) is 10.7. The molecule has 3 aromatic rings. The average molecular weight is 485 g/mol. The number of methoxy groups -OCH3 is 1. The van der Waals surface area contributed by atoms with E-state index < -0.39 is 0 Å². The molecule has 2 fully saturated rings. The second kappa shape index (κ2) is 11.5. The summed E-state index contributed by atoms with van der Waals surface area (Å²) in [5.74, 6) is 1.11. The fraction of sp³-hybridized carbons (Fsp3) is 0.516. The van der Waals surface area contributed by atoms with Crippen molar-refractivity contribution in [2.75, 3.05) is 13.7 Å². The Morgan fingerprint density at radius 2 is 1.86 bits per heavy atom. The van der Waals surface area contributed by atoms with E-state index in [1.54, 1.807) is 7.11 Å². The Labute approximate surface area is 215 Å². The Bertz CT molecular complexity index is 1190. The van der Waals surface area contributed by atoms with Gasteiger partial charge >= 0.3 is 0 Å². The first-order chi connectivity index (χ1) is 17.7. The van der Waals surface area contributed by atoms with Crippen molar-refractivity contribution in [2.24, 2.45) is 5.73 Å². The molecule has 0 amide bonds. The first-order valence-corrected chi connectivity index (χ1v) is 13.8. The highest BCUT2D eigenvalue weighted by molar-refractivity contribution is 5.86. The molecule has 2 saturated carbocycles. The molecular weight excluding hydrogens is 444 g/mol. The van der Waals surface area contributed by atoms with Gasteiger partial charge in [0.25, 0.3) is 0 Å². The lowest BCUT2D eigenvalue weighted by Crippen LogP contribution is -2.38. The van der Waals surface area contributed by atoms with E-state index in [1.165, 1.54) is 54.1 Å². The number of fused-ring (bicyclic) bond motifs is 1. The molecule has 0 spiro atoms. The first kappa shape index (κ1) is 24.9. The number of hydrogen-bond acceptors (Lipinski definition) is 4. The predicted molar refractivity (Wildman–Crippen MR) is 146 cm³/mol. The van der Waals surface area contributed by atoms with Crippen LogP contribution >= 0.6 is 0 Å². The van der Waals surface area contributed by atoms with Crippen molar-refractivity contribution in [3.8, 4) is 11.8 Å². The highest BCUT2D eigenvalue weighted by Crippen LogP contribution is 2.40. The van der Waals surface area contributed by atoms with Gasteiger partial charge in [0.15, 0.2) is 0 Å². The van der Waals surface area contributed by atoms with Gasteiger partial charge < -0.3 is 20.4 Å². The Balaban J connectivity index is 1.51. The number of ether oxygens (including phenoxy) is 1. The number of hydrogen-bond donors (Lipinski definition) is 2. The Morgan fingerprint density at radius 1 is 1.06 bits per heavy atom. The van der Waals surface area contributed by atoms with Gasteiger partial charge in [-0.05, 0) is 92.9 Å². The second-order valence-electron chi connectivity index (χ2n) is 10.8. The van der Waals surface area contributed by atoms with Crippen molar-refractivity contribution < 1.29 is 4.74 Å². The molecule has 2 aliphatic rings. The molecule has 1 heterocycles. The molecule has 5 heteroatoms. The fourth-order valence-corrected chi connectivity index (χ4v) is 6.40. The van der Waals surface area contributed by atoms with E-state index in [-0.39, 0.29) is 5.92 Å². The van der Waals surface area contributed by atoms with Crippen LogP contribution in [0.15, 0.2) is 48.7 Å². The van der Waals surface area contributed by atoms with Crippen LogP contribution in [0.2, 0.25) is 0 Å². The maximum absolute atomic E-state index is 9.68. The van der Waals surface area contributed by atoms with Gasteiger partial charge in [-0.1, -0.05) is 31.4 Å². The van der Waals surface area contributed by atoms with Crippen molar-refractivity contribution in [1.29, 1.82) is 5.26 Å². The Kier molecular flexibility index (Phi) is 7.94. The summed E-state index contributed by atoms with van der Waals surface area (Å²) in [4.78, 5) is 0. The fourth-order valence-electron chi connectivity index (χ4n) is 6.40. The number of rotatable bonds is 8. The summed E-state index contributed by atoms with van der Waals surface area (Å²) in [6.07, 6.45) is 14.4. The van der Waals surface area contributed by atoms with Crippen molar-refractivity contribution >= 4 is 10.9 Å². The molecule has 5 rings (SSSR count). The third kappa shape index (κ3) is 5.45. The van der Waals surface area contributed by atoms with Crippen LogP contribution in [0.1, 0.15) is 92.9 Å². The smallest absolute Gasteiger partial charge is 0.119 e. The number of nitriles is 1. The maximum Gasteiger partial charge on any atom is 0.119 e. The lowest BCUT2D eigenvalue weighted by molar-refractivity contribution is 0.340. The van der Waals surface area contributed by atoms with Crippen molar-refractivity contribution in [3.63, 3.8) is 0 Å². The highest BCUT2D eigenvalue weighted by Gasteiger charge is 2.25. The van der Waals surface area contributed by atoms with E-state index in [4.69, 9.17) is 10.5 Å². The molecule has 0 aliphatic heterocycles. The van der Waals surface area contributed by atoms with Gasteiger partial charge in [0.05, 0.1) is 18.7 Å². The van der Waals surface area contributed by atoms with Gasteiger partial charge in [-0.25, -0.2) is 0 Å². The third-order valence-corrected chi connectivity index (χ3v) is 8.47. The Hall–Kier alpha value is -2.81. The molecule has 1 aromatic heterocycles. The first-order valence-electron chi connectivity index (χ1n) is 13.8. The van der Waals surface area contributed by atoms with E-state index in [2.05, 4.69) is 52.5 Å². The molecule has 0 bridgehead atoms. The largest absolute Gasteiger partial charge is 0.497 e. The van der Waals surface area contributed by atoms with E-state index in [0.717, 1.165) is 50.0 Å². The Morgan fingerprint density at radius 3 is 2.61 bits per heavy atom. The normalized spacial score (nSPS) is 21.8. The molecular formula is C31H40N4O. The van der Waals surface area contributed by atoms with Gasteiger partial charge in [-0.15, -0.1) is 0 Å². The molecule has 3 N–H and O–H groups in total. The minimum Gasteiger partial charge on any atom is -0.497 e. The monoisotopic (exact) mass is 484 g/mol. The maximum atomic E-state index is 9.68. The van der Waals surface area contributed by atoms with Crippen LogP contribution in [0.5, 0.6) is 5.75 Å². The van der Waals surface area contributed by atoms with Gasteiger partial charge in [-0.2, -0.15) is 5.26 Å². The van der Waals surface area contributed by atoms with Gasteiger partial charge in [0.2, 0.25) is 0 Å². The summed E-state index contributed by atoms with van der Waals surface area (Å²) >= 11 is 0. The van der Waals surface area contributed by atoms with Crippen LogP contribution in [0, 0.1) is 11.3 Å². The van der Waals surface area contributed by atoms with E-state index in [1.807, 2.05) is 12.1 Å². The van der Waals surface area contributed by atoms with Crippen LogP contribution in [-0.4, -0.2) is 30.3 Å². The zero-order chi connectivity index (χ0) is 24.9. The number of aromatic nitrogens is 1. The molecule has 1 atom stereocenters. The summed E-state index contributed by atoms with van der Waals surface area (Å²) in [7, 11) is 1.73. The van der Waals surface area contributed by atoms with Crippen molar-refractivity contribution in [3.05, 3.63) is 65.4 Å². The van der Waals surface area contributed by atoms with Crippen LogP contribution in [0.4, 0.5) is 0 Å². The summed E-state index contributed by atoms with van der Waals surface area (Å²) in [5, 5.41) is 14.7. The molecule has 0 saturated heterocycles. The number of benzene rings is 2. The van der Waals surface area contributed by atoms with Crippen LogP contribution in [-0.2, 0) is 0 Å². The van der Waals surface area contributed by atoms with Crippen LogP contribution in [0.3, 0.4) is 0 Å². The number of nitrogens with one attached hydrogen (secondary N) is 1.